The highest BCUT2D eigenvalue weighted by Crippen LogP contribution is 2.23. The standard InChI is InChI=1S/C31H29ClN6O4/c1-2-42-30(40)10-12-38-28-9-7-24(32)15-26(28)27(36-38)19-35-31(41)23-14-22(16-33-18-23)13-21-6-8-25(34-17-21)20-37-11-4-3-5-29(37)39/h3-9,11,14-18H,2,10,12-13,19-20H2,1H3,(H,35,41). The summed E-state index contributed by atoms with van der Waals surface area (Å²) in [6.07, 6.45) is 7.46. The van der Waals surface area contributed by atoms with Crippen molar-refractivity contribution in [1.82, 2.24) is 29.6 Å². The number of ether oxygens (including phenoxy) is 1. The van der Waals surface area contributed by atoms with Gasteiger partial charge in [-0.05, 0) is 54.4 Å². The Hall–Kier alpha value is -4.83. The topological polar surface area (TPSA) is 121 Å². The molecule has 4 aromatic heterocycles. The van der Waals surface area contributed by atoms with Crippen molar-refractivity contribution in [2.45, 2.75) is 39.4 Å². The Balaban J connectivity index is 1.23. The van der Waals surface area contributed by atoms with Crippen molar-refractivity contribution in [2.24, 2.45) is 0 Å². The summed E-state index contributed by atoms with van der Waals surface area (Å²) in [6, 6.07) is 16.1. The van der Waals surface area contributed by atoms with Crippen LogP contribution in [0, 0.1) is 0 Å². The molecule has 1 amide bonds. The number of fused-ring (bicyclic) bond motifs is 1. The van der Waals surface area contributed by atoms with Gasteiger partial charge >= 0.3 is 5.97 Å². The number of rotatable bonds is 11. The van der Waals surface area contributed by atoms with Crippen LogP contribution in [0.2, 0.25) is 5.02 Å². The molecule has 0 aliphatic carbocycles. The maximum atomic E-state index is 13.1. The van der Waals surface area contributed by atoms with E-state index in [0.29, 0.717) is 42.4 Å². The summed E-state index contributed by atoms with van der Waals surface area (Å²) in [4.78, 5) is 45.6. The number of amides is 1. The van der Waals surface area contributed by atoms with Gasteiger partial charge in [-0.25, -0.2) is 0 Å². The van der Waals surface area contributed by atoms with Gasteiger partial charge in [0.15, 0.2) is 0 Å². The second-order valence-electron chi connectivity index (χ2n) is 9.65. The van der Waals surface area contributed by atoms with Gasteiger partial charge in [0.2, 0.25) is 0 Å². The zero-order valence-electron chi connectivity index (χ0n) is 23.0. The van der Waals surface area contributed by atoms with Crippen LogP contribution in [0.15, 0.2) is 84.2 Å². The molecule has 214 valence electrons. The number of esters is 1. The molecular weight excluding hydrogens is 556 g/mol. The van der Waals surface area contributed by atoms with E-state index in [2.05, 4.69) is 20.4 Å². The molecular formula is C31H29ClN6O4. The number of carbonyl (C=O) groups is 2. The number of nitrogens with zero attached hydrogens (tertiary/aromatic N) is 5. The van der Waals surface area contributed by atoms with Gasteiger partial charge in [-0.1, -0.05) is 23.7 Å². The van der Waals surface area contributed by atoms with Crippen molar-refractivity contribution in [1.29, 1.82) is 0 Å². The van der Waals surface area contributed by atoms with Crippen LogP contribution in [0.5, 0.6) is 0 Å². The number of halogens is 1. The van der Waals surface area contributed by atoms with Crippen LogP contribution in [0.3, 0.4) is 0 Å². The first-order valence-corrected chi connectivity index (χ1v) is 13.9. The largest absolute Gasteiger partial charge is 0.466 e. The SMILES string of the molecule is CCOC(=O)CCn1nc(CNC(=O)c2cncc(Cc3ccc(Cn4ccccc4=O)nc3)c2)c2cc(Cl)ccc21. The lowest BCUT2D eigenvalue weighted by Gasteiger charge is -2.08. The van der Waals surface area contributed by atoms with Gasteiger partial charge < -0.3 is 14.6 Å². The minimum absolute atomic E-state index is 0.0797. The molecule has 0 radical (unpaired) electrons. The Bertz CT molecular complexity index is 1780. The summed E-state index contributed by atoms with van der Waals surface area (Å²) in [5, 5.41) is 8.90. The Morgan fingerprint density at radius 2 is 1.90 bits per heavy atom. The monoisotopic (exact) mass is 584 g/mol. The third-order valence-electron chi connectivity index (χ3n) is 6.62. The molecule has 10 nitrogen and oxygen atoms in total. The highest BCUT2D eigenvalue weighted by Gasteiger charge is 2.15. The normalized spacial score (nSPS) is 11.0. The predicted molar refractivity (Wildman–Crippen MR) is 158 cm³/mol. The van der Waals surface area contributed by atoms with E-state index in [1.165, 1.54) is 12.3 Å². The van der Waals surface area contributed by atoms with E-state index >= 15 is 0 Å². The fourth-order valence-corrected chi connectivity index (χ4v) is 4.75. The zero-order valence-corrected chi connectivity index (χ0v) is 23.8. The Morgan fingerprint density at radius 1 is 1.02 bits per heavy atom. The van der Waals surface area contributed by atoms with Gasteiger partial charge in [0.25, 0.3) is 11.5 Å². The molecule has 0 atom stereocenters. The van der Waals surface area contributed by atoms with Gasteiger partial charge in [-0.3, -0.25) is 29.0 Å². The number of aromatic nitrogens is 5. The van der Waals surface area contributed by atoms with Crippen LogP contribution in [-0.2, 0) is 35.6 Å². The van der Waals surface area contributed by atoms with E-state index in [9.17, 15) is 14.4 Å². The molecule has 42 heavy (non-hydrogen) atoms. The minimum atomic E-state index is -0.298. The molecule has 0 bridgehead atoms. The predicted octanol–water partition coefficient (Wildman–Crippen LogP) is 4.16. The first-order valence-electron chi connectivity index (χ1n) is 13.5. The lowest BCUT2D eigenvalue weighted by molar-refractivity contribution is -0.143. The zero-order chi connectivity index (χ0) is 29.5. The average Bonchev–Trinajstić information content (AvgIpc) is 3.33. The van der Waals surface area contributed by atoms with E-state index in [-0.39, 0.29) is 30.4 Å². The Labute approximate surface area is 246 Å². The molecule has 0 saturated carbocycles. The molecule has 11 heteroatoms. The Morgan fingerprint density at radius 3 is 2.69 bits per heavy atom. The molecule has 5 rings (SSSR count). The van der Waals surface area contributed by atoms with Gasteiger partial charge in [0, 0.05) is 47.7 Å². The molecule has 4 heterocycles. The highest BCUT2D eigenvalue weighted by atomic mass is 35.5. The third kappa shape index (κ3) is 7.08. The molecule has 0 saturated heterocycles. The minimum Gasteiger partial charge on any atom is -0.466 e. The van der Waals surface area contributed by atoms with E-state index in [4.69, 9.17) is 16.3 Å². The fraction of sp³-hybridized carbons (Fsp3) is 0.226. The molecule has 0 aliphatic rings. The van der Waals surface area contributed by atoms with Gasteiger partial charge in [-0.2, -0.15) is 5.10 Å². The molecule has 1 N–H and O–H groups in total. The molecule has 5 aromatic rings. The molecule has 0 spiro atoms. The maximum absolute atomic E-state index is 13.1. The smallest absolute Gasteiger partial charge is 0.307 e. The summed E-state index contributed by atoms with van der Waals surface area (Å²) < 4.78 is 8.35. The Kier molecular flexibility index (Phi) is 9.03. The average molecular weight is 585 g/mol. The van der Waals surface area contributed by atoms with Gasteiger partial charge in [0.1, 0.15) is 0 Å². The van der Waals surface area contributed by atoms with E-state index in [1.807, 2.05) is 24.3 Å². The summed E-state index contributed by atoms with van der Waals surface area (Å²) in [6.45, 7) is 2.99. The third-order valence-corrected chi connectivity index (χ3v) is 6.86. The number of hydrogen-bond acceptors (Lipinski definition) is 7. The van der Waals surface area contributed by atoms with Crippen molar-refractivity contribution in [3.05, 3.63) is 123 Å². The first kappa shape index (κ1) is 28.7. The number of nitrogens with one attached hydrogen (secondary N) is 1. The summed E-state index contributed by atoms with van der Waals surface area (Å²) >= 11 is 6.24. The van der Waals surface area contributed by atoms with Crippen molar-refractivity contribution in [3.63, 3.8) is 0 Å². The molecule has 0 fully saturated rings. The number of benzene rings is 1. The van der Waals surface area contributed by atoms with Crippen LogP contribution in [0.25, 0.3) is 10.9 Å². The number of carbonyl (C=O) groups excluding carboxylic acids is 2. The van der Waals surface area contributed by atoms with Gasteiger partial charge in [-0.15, -0.1) is 0 Å². The van der Waals surface area contributed by atoms with E-state index < -0.39 is 0 Å². The van der Waals surface area contributed by atoms with Crippen LogP contribution in [0.1, 0.15) is 46.2 Å². The van der Waals surface area contributed by atoms with E-state index in [1.54, 1.807) is 59.0 Å². The van der Waals surface area contributed by atoms with Gasteiger partial charge in [0.05, 0.1) is 55.1 Å². The summed E-state index contributed by atoms with van der Waals surface area (Å²) in [5.74, 6) is -0.588. The van der Waals surface area contributed by atoms with Crippen molar-refractivity contribution < 1.29 is 14.3 Å². The highest BCUT2D eigenvalue weighted by molar-refractivity contribution is 6.31. The first-order chi connectivity index (χ1) is 20.4. The van der Waals surface area contributed by atoms with Crippen LogP contribution >= 0.6 is 11.6 Å². The second kappa shape index (κ2) is 13.2. The lowest BCUT2D eigenvalue weighted by Crippen LogP contribution is -2.23. The molecule has 1 aromatic carbocycles. The maximum Gasteiger partial charge on any atom is 0.307 e. The second-order valence-corrected chi connectivity index (χ2v) is 10.1. The van der Waals surface area contributed by atoms with Crippen molar-refractivity contribution in [2.75, 3.05) is 6.61 Å². The summed E-state index contributed by atoms with van der Waals surface area (Å²) in [5.41, 5.74) is 4.38. The van der Waals surface area contributed by atoms with E-state index in [0.717, 1.165) is 27.7 Å². The van der Waals surface area contributed by atoms with Crippen molar-refractivity contribution >= 4 is 34.4 Å². The molecule has 0 unspecified atom stereocenters. The summed E-state index contributed by atoms with van der Waals surface area (Å²) in [7, 11) is 0. The number of aryl methyl sites for hydroxylation is 1. The van der Waals surface area contributed by atoms with Crippen LogP contribution in [0.4, 0.5) is 0 Å². The number of hydrogen-bond donors (Lipinski definition) is 1. The quantitative estimate of drug-likeness (QED) is 0.231. The lowest BCUT2D eigenvalue weighted by atomic mass is 10.1. The number of pyridine rings is 3. The molecule has 0 aliphatic heterocycles. The fourth-order valence-electron chi connectivity index (χ4n) is 4.58. The van der Waals surface area contributed by atoms with Crippen molar-refractivity contribution in [3.8, 4) is 0 Å². The van der Waals surface area contributed by atoms with Crippen LogP contribution in [-0.4, -0.2) is 42.8 Å². The van der Waals surface area contributed by atoms with Crippen LogP contribution < -0.4 is 10.9 Å².